The topological polar surface area (TPSA) is 43.1 Å². The average molecular weight is 227 g/mol. The van der Waals surface area contributed by atoms with Crippen LogP contribution in [-0.2, 0) is 0 Å². The molecule has 2 nitrogen and oxygen atoms in total. The molecule has 0 aliphatic heterocycles. The number of carbonyl (C=O) groups excluding carboxylic acids is 1. The molecule has 1 rings (SSSR count). The first-order valence-electron chi connectivity index (χ1n) is 3.49. The summed E-state index contributed by atoms with van der Waals surface area (Å²) in [6, 6.07) is 2.79. The maximum Gasteiger partial charge on any atom is 1.00 e. The molecule has 2 N–H and O–H groups in total. The molecule has 7 heteroatoms. The van der Waals surface area contributed by atoms with Crippen molar-refractivity contribution in [3.63, 3.8) is 0 Å². The summed E-state index contributed by atoms with van der Waals surface area (Å²) in [6.45, 7) is -5.09. The first-order valence-corrected chi connectivity index (χ1v) is 3.49. The van der Waals surface area contributed by atoms with Crippen LogP contribution in [0.15, 0.2) is 18.2 Å². The van der Waals surface area contributed by atoms with E-state index < -0.39 is 12.4 Å². The molecule has 0 unspecified atom stereocenters. The molecule has 0 amide bonds. The summed E-state index contributed by atoms with van der Waals surface area (Å²) < 4.78 is 36.5. The molecule has 1 aromatic rings. The van der Waals surface area contributed by atoms with Crippen molar-refractivity contribution in [2.45, 2.75) is 0 Å². The Morgan fingerprint density at radius 2 is 1.79 bits per heavy atom. The van der Waals surface area contributed by atoms with Crippen molar-refractivity contribution in [1.82, 2.24) is 0 Å². The van der Waals surface area contributed by atoms with Gasteiger partial charge in [-0.15, -0.1) is 5.46 Å². The van der Waals surface area contributed by atoms with E-state index in [-0.39, 0.29) is 62.6 Å². The molecule has 14 heavy (non-hydrogen) atoms. The van der Waals surface area contributed by atoms with Crippen molar-refractivity contribution in [1.29, 1.82) is 0 Å². The molecular formula is C7H6BF3KNO. The van der Waals surface area contributed by atoms with Crippen LogP contribution in [0.1, 0.15) is 10.4 Å². The van der Waals surface area contributed by atoms with Crippen LogP contribution in [-0.4, -0.2) is 13.3 Å². The fraction of sp³-hybridized carbons (Fsp3) is 0. The van der Waals surface area contributed by atoms with Gasteiger partial charge in [-0.05, 0) is 6.07 Å². The van der Waals surface area contributed by atoms with Crippen LogP contribution < -0.4 is 62.6 Å². The van der Waals surface area contributed by atoms with Crippen molar-refractivity contribution >= 4 is 24.4 Å². The van der Waals surface area contributed by atoms with Crippen LogP contribution >= 0.6 is 0 Å². The molecule has 0 atom stereocenters. The summed E-state index contributed by atoms with van der Waals surface area (Å²) in [5.41, 5.74) is 4.22. The summed E-state index contributed by atoms with van der Waals surface area (Å²) in [5, 5.41) is 0. The molecule has 0 saturated carbocycles. The zero-order chi connectivity index (χ0) is 10.1. The minimum absolute atomic E-state index is 0. The summed E-state index contributed by atoms with van der Waals surface area (Å²) in [6.07, 6.45) is 0.335. The molecule has 0 fully saturated rings. The third kappa shape index (κ3) is 3.74. The Bertz CT molecular complexity index is 342. The van der Waals surface area contributed by atoms with Gasteiger partial charge in [-0.2, -0.15) is 0 Å². The number of nitrogens with two attached hydrogens (primary N) is 1. The number of nitrogen functional groups attached to an aromatic ring is 1. The Morgan fingerprint density at radius 1 is 1.21 bits per heavy atom. The zero-order valence-corrected chi connectivity index (χ0v) is 10.6. The molecule has 0 saturated heterocycles. The quantitative estimate of drug-likeness (QED) is 0.366. The van der Waals surface area contributed by atoms with Crippen LogP contribution in [0.5, 0.6) is 0 Å². The Kier molecular flexibility index (Phi) is 5.38. The van der Waals surface area contributed by atoms with E-state index in [0.717, 1.165) is 12.1 Å². The summed E-state index contributed by atoms with van der Waals surface area (Å²) in [4.78, 5) is 10.2. The largest absolute Gasteiger partial charge is 1.00 e. The normalized spacial score (nSPS) is 10.5. The number of rotatable bonds is 2. The SMILES string of the molecule is Nc1cc(C=O)cc([B-](F)(F)F)c1.[K+]. The number of hydrogen-bond donors (Lipinski definition) is 1. The van der Waals surface area contributed by atoms with Crippen molar-refractivity contribution in [2.24, 2.45) is 0 Å². The van der Waals surface area contributed by atoms with Gasteiger partial charge in [0, 0.05) is 11.3 Å². The van der Waals surface area contributed by atoms with Crippen LogP contribution in [0.25, 0.3) is 0 Å². The minimum atomic E-state index is -5.09. The minimum Gasteiger partial charge on any atom is -0.445 e. The Labute approximate surface area is 122 Å². The molecule has 0 spiro atoms. The maximum atomic E-state index is 12.2. The predicted octanol–water partition coefficient (Wildman–Crippen LogP) is -1.86. The second kappa shape index (κ2) is 5.32. The van der Waals surface area contributed by atoms with E-state index in [1.807, 2.05) is 0 Å². The summed E-state index contributed by atoms with van der Waals surface area (Å²) >= 11 is 0. The molecule has 0 radical (unpaired) electrons. The van der Waals surface area contributed by atoms with Gasteiger partial charge >= 0.3 is 58.4 Å². The Morgan fingerprint density at radius 3 is 2.21 bits per heavy atom. The smallest absolute Gasteiger partial charge is 0.445 e. The van der Waals surface area contributed by atoms with Crippen LogP contribution in [0, 0.1) is 0 Å². The van der Waals surface area contributed by atoms with Gasteiger partial charge in [0.15, 0.2) is 0 Å². The van der Waals surface area contributed by atoms with E-state index >= 15 is 0 Å². The molecule has 1 aromatic carbocycles. The second-order valence-corrected chi connectivity index (χ2v) is 2.63. The first-order chi connectivity index (χ1) is 5.93. The Balaban J connectivity index is 0.00000169. The fourth-order valence-corrected chi connectivity index (χ4v) is 0.959. The molecule has 0 aliphatic rings. The van der Waals surface area contributed by atoms with E-state index in [4.69, 9.17) is 5.73 Å². The third-order valence-electron chi connectivity index (χ3n) is 1.51. The van der Waals surface area contributed by atoms with E-state index in [1.54, 1.807) is 0 Å². The van der Waals surface area contributed by atoms with Gasteiger partial charge < -0.3 is 18.7 Å². The van der Waals surface area contributed by atoms with Crippen molar-refractivity contribution in [3.05, 3.63) is 23.8 Å². The van der Waals surface area contributed by atoms with Crippen molar-refractivity contribution in [3.8, 4) is 0 Å². The number of benzene rings is 1. The van der Waals surface area contributed by atoms with E-state index in [9.17, 15) is 17.7 Å². The summed E-state index contributed by atoms with van der Waals surface area (Å²) in [5.74, 6) is 0. The van der Waals surface area contributed by atoms with Gasteiger partial charge in [-0.3, -0.25) is 4.79 Å². The summed E-state index contributed by atoms with van der Waals surface area (Å²) in [7, 11) is 0. The van der Waals surface area contributed by atoms with Gasteiger partial charge in [-0.1, -0.05) is 12.1 Å². The van der Waals surface area contributed by atoms with E-state index in [1.165, 1.54) is 6.07 Å². The monoisotopic (exact) mass is 227 g/mol. The van der Waals surface area contributed by atoms with Crippen LogP contribution in [0.4, 0.5) is 18.6 Å². The van der Waals surface area contributed by atoms with Gasteiger partial charge in [0.05, 0.1) is 0 Å². The Hall–Kier alpha value is 0.181. The molecule has 0 bridgehead atoms. The van der Waals surface area contributed by atoms with Crippen molar-refractivity contribution in [2.75, 3.05) is 5.73 Å². The predicted molar refractivity (Wildman–Crippen MR) is 45.0 cm³/mol. The molecule has 0 heterocycles. The van der Waals surface area contributed by atoms with Gasteiger partial charge in [0.1, 0.15) is 6.29 Å². The maximum absolute atomic E-state index is 12.2. The number of hydrogen-bond acceptors (Lipinski definition) is 2. The third-order valence-corrected chi connectivity index (χ3v) is 1.51. The van der Waals surface area contributed by atoms with E-state index in [0.29, 0.717) is 6.29 Å². The van der Waals surface area contributed by atoms with E-state index in [2.05, 4.69) is 0 Å². The molecule has 0 aromatic heterocycles. The number of aldehydes is 1. The standard InChI is InChI=1S/C7H6BF3NO.K/c9-8(10,11)6-1-5(4-13)2-7(12)3-6;/h1-4H,12H2;/q-1;+1. The number of carbonyl (C=O) groups is 1. The van der Waals surface area contributed by atoms with Gasteiger partial charge in [-0.25, -0.2) is 0 Å². The molecule has 70 valence electrons. The van der Waals surface area contributed by atoms with Crippen molar-refractivity contribution < 1.29 is 69.1 Å². The number of anilines is 1. The molecular weight excluding hydrogens is 221 g/mol. The fourth-order valence-electron chi connectivity index (χ4n) is 0.959. The van der Waals surface area contributed by atoms with Gasteiger partial charge in [0.25, 0.3) is 0 Å². The first kappa shape index (κ1) is 14.2. The average Bonchev–Trinajstić information content (AvgIpc) is 2.01. The molecule has 0 aliphatic carbocycles. The van der Waals surface area contributed by atoms with Gasteiger partial charge in [0.2, 0.25) is 0 Å². The van der Waals surface area contributed by atoms with Crippen LogP contribution in [0.3, 0.4) is 0 Å². The number of halogens is 3. The zero-order valence-electron chi connectivity index (χ0n) is 7.51. The van der Waals surface area contributed by atoms with Crippen LogP contribution in [0.2, 0.25) is 0 Å². The second-order valence-electron chi connectivity index (χ2n) is 2.63.